The van der Waals surface area contributed by atoms with Gasteiger partial charge in [-0.2, -0.15) is 0 Å². The summed E-state index contributed by atoms with van der Waals surface area (Å²) in [6.45, 7) is 13.7. The molecule has 1 unspecified atom stereocenters. The summed E-state index contributed by atoms with van der Waals surface area (Å²) in [5, 5.41) is 3.58. The Hall–Kier alpha value is -0.860. The fourth-order valence-corrected chi connectivity index (χ4v) is 2.17. The highest BCUT2D eigenvalue weighted by atomic mass is 16.5. The van der Waals surface area contributed by atoms with E-state index in [1.54, 1.807) is 0 Å². The Bertz CT molecular complexity index is 353. The summed E-state index contributed by atoms with van der Waals surface area (Å²) in [6, 6.07) is 10.8. The number of rotatable bonds is 8. The molecule has 2 heteroatoms. The molecule has 2 nitrogen and oxygen atoms in total. The first-order valence-corrected chi connectivity index (χ1v) is 7.78. The second-order valence-corrected chi connectivity index (χ2v) is 6.91. The summed E-state index contributed by atoms with van der Waals surface area (Å²) >= 11 is 0. The molecular formula is C18H31NO. The van der Waals surface area contributed by atoms with Crippen LogP contribution in [0, 0.1) is 5.92 Å². The summed E-state index contributed by atoms with van der Waals surface area (Å²) in [6.07, 6.45) is 1.06. The van der Waals surface area contributed by atoms with Crippen LogP contribution in [-0.4, -0.2) is 25.3 Å². The molecule has 20 heavy (non-hydrogen) atoms. The Labute approximate surface area is 124 Å². The van der Waals surface area contributed by atoms with Crippen LogP contribution in [-0.2, 0) is 4.74 Å². The Kier molecular flexibility index (Phi) is 7.25. The highest BCUT2D eigenvalue weighted by Crippen LogP contribution is 2.20. The van der Waals surface area contributed by atoms with E-state index in [-0.39, 0.29) is 5.60 Å². The van der Waals surface area contributed by atoms with Crippen LogP contribution in [0.15, 0.2) is 30.3 Å². The van der Waals surface area contributed by atoms with Crippen molar-refractivity contribution in [1.29, 1.82) is 0 Å². The quantitative estimate of drug-likeness (QED) is 0.768. The normalized spacial score (nSPS) is 13.7. The molecular weight excluding hydrogens is 246 g/mol. The smallest absolute Gasteiger partial charge is 0.0598 e. The molecule has 0 heterocycles. The summed E-state index contributed by atoms with van der Waals surface area (Å²) in [5.41, 5.74) is 1.35. The highest BCUT2D eigenvalue weighted by Gasteiger charge is 2.14. The Balaban J connectivity index is 2.51. The van der Waals surface area contributed by atoms with Gasteiger partial charge in [-0.3, -0.25) is 0 Å². The third-order valence-corrected chi connectivity index (χ3v) is 3.22. The largest absolute Gasteiger partial charge is 0.376 e. The van der Waals surface area contributed by atoms with E-state index in [2.05, 4.69) is 70.3 Å². The predicted octanol–water partition coefficient (Wildman–Crippen LogP) is 4.22. The number of hydrogen-bond acceptors (Lipinski definition) is 2. The maximum absolute atomic E-state index is 5.88. The Morgan fingerprint density at radius 3 is 2.25 bits per heavy atom. The molecule has 1 atom stereocenters. The topological polar surface area (TPSA) is 21.3 Å². The molecule has 1 aromatic rings. The van der Waals surface area contributed by atoms with Crippen LogP contribution in [0.25, 0.3) is 0 Å². The number of hydrogen-bond donors (Lipinski definition) is 1. The third kappa shape index (κ3) is 7.66. The molecule has 0 aromatic heterocycles. The number of benzene rings is 1. The minimum absolute atomic E-state index is 0.0490. The lowest BCUT2D eigenvalue weighted by molar-refractivity contribution is -0.00624. The Morgan fingerprint density at radius 1 is 1.05 bits per heavy atom. The molecule has 0 aliphatic carbocycles. The van der Waals surface area contributed by atoms with E-state index in [1.165, 1.54) is 5.56 Å². The van der Waals surface area contributed by atoms with E-state index in [0.717, 1.165) is 26.1 Å². The van der Waals surface area contributed by atoms with Crippen LogP contribution in [0.4, 0.5) is 0 Å². The second kappa shape index (κ2) is 8.43. The van der Waals surface area contributed by atoms with Crippen molar-refractivity contribution in [2.24, 2.45) is 5.92 Å². The zero-order valence-corrected chi connectivity index (χ0v) is 13.8. The van der Waals surface area contributed by atoms with E-state index in [9.17, 15) is 0 Å². The lowest BCUT2D eigenvalue weighted by Crippen LogP contribution is -2.27. The zero-order valence-electron chi connectivity index (χ0n) is 13.8. The number of nitrogens with one attached hydrogen (secondary N) is 1. The van der Waals surface area contributed by atoms with Gasteiger partial charge in [0.05, 0.1) is 5.60 Å². The maximum Gasteiger partial charge on any atom is 0.0598 e. The van der Waals surface area contributed by atoms with Gasteiger partial charge in [0.25, 0.3) is 0 Å². The average Bonchev–Trinajstić information content (AvgIpc) is 2.36. The fraction of sp³-hybridized carbons (Fsp3) is 0.667. The SMILES string of the molecule is CC(C)CNCC(CCOC(C)(C)C)c1ccccc1. The summed E-state index contributed by atoms with van der Waals surface area (Å²) in [4.78, 5) is 0. The van der Waals surface area contributed by atoms with E-state index in [0.29, 0.717) is 11.8 Å². The minimum atomic E-state index is -0.0490. The van der Waals surface area contributed by atoms with Crippen molar-refractivity contribution in [2.75, 3.05) is 19.7 Å². The van der Waals surface area contributed by atoms with Gasteiger partial charge >= 0.3 is 0 Å². The molecule has 0 saturated heterocycles. The van der Waals surface area contributed by atoms with Gasteiger partial charge in [-0.1, -0.05) is 44.2 Å². The molecule has 0 bridgehead atoms. The van der Waals surface area contributed by atoms with Crippen LogP contribution < -0.4 is 5.32 Å². The van der Waals surface area contributed by atoms with E-state index in [4.69, 9.17) is 4.74 Å². The van der Waals surface area contributed by atoms with Crippen molar-refractivity contribution in [3.8, 4) is 0 Å². The van der Waals surface area contributed by atoms with Gasteiger partial charge < -0.3 is 10.1 Å². The third-order valence-electron chi connectivity index (χ3n) is 3.22. The molecule has 0 radical (unpaired) electrons. The van der Waals surface area contributed by atoms with Gasteiger partial charge in [0, 0.05) is 13.2 Å². The lowest BCUT2D eigenvalue weighted by Gasteiger charge is -2.23. The van der Waals surface area contributed by atoms with Crippen molar-refractivity contribution in [3.63, 3.8) is 0 Å². The van der Waals surface area contributed by atoms with E-state index < -0.39 is 0 Å². The summed E-state index contributed by atoms with van der Waals surface area (Å²) < 4.78 is 5.88. The molecule has 114 valence electrons. The van der Waals surface area contributed by atoms with Crippen LogP contribution >= 0.6 is 0 Å². The molecule has 1 N–H and O–H groups in total. The molecule has 0 fully saturated rings. The maximum atomic E-state index is 5.88. The fourth-order valence-electron chi connectivity index (χ4n) is 2.17. The predicted molar refractivity (Wildman–Crippen MR) is 87.2 cm³/mol. The van der Waals surface area contributed by atoms with Gasteiger partial charge in [-0.15, -0.1) is 0 Å². The molecule has 0 aliphatic rings. The minimum Gasteiger partial charge on any atom is -0.376 e. The van der Waals surface area contributed by atoms with E-state index in [1.807, 2.05) is 0 Å². The summed E-state index contributed by atoms with van der Waals surface area (Å²) in [7, 11) is 0. The van der Waals surface area contributed by atoms with Gasteiger partial charge in [-0.05, 0) is 51.1 Å². The van der Waals surface area contributed by atoms with Crippen LogP contribution in [0.3, 0.4) is 0 Å². The molecule has 0 amide bonds. The molecule has 0 spiro atoms. The second-order valence-electron chi connectivity index (χ2n) is 6.91. The molecule has 0 aliphatic heterocycles. The highest BCUT2D eigenvalue weighted by molar-refractivity contribution is 5.19. The van der Waals surface area contributed by atoms with Crippen molar-refractivity contribution < 1.29 is 4.74 Å². The summed E-state index contributed by atoms with van der Waals surface area (Å²) in [5.74, 6) is 1.22. The van der Waals surface area contributed by atoms with Crippen molar-refractivity contribution in [1.82, 2.24) is 5.32 Å². The van der Waals surface area contributed by atoms with Crippen molar-refractivity contribution in [2.45, 2.75) is 52.6 Å². The standard InChI is InChI=1S/C18H31NO/c1-15(2)13-19-14-17(11-12-20-18(3,4)5)16-9-7-6-8-10-16/h6-10,15,17,19H,11-14H2,1-5H3. The van der Waals surface area contributed by atoms with Crippen molar-refractivity contribution in [3.05, 3.63) is 35.9 Å². The zero-order chi connectivity index (χ0) is 15.0. The molecule has 1 aromatic carbocycles. The van der Waals surface area contributed by atoms with Crippen LogP contribution in [0.1, 0.15) is 52.5 Å². The lowest BCUT2D eigenvalue weighted by atomic mass is 9.95. The van der Waals surface area contributed by atoms with Crippen LogP contribution in [0.2, 0.25) is 0 Å². The van der Waals surface area contributed by atoms with Gasteiger partial charge in [0.15, 0.2) is 0 Å². The molecule has 1 rings (SSSR count). The monoisotopic (exact) mass is 277 g/mol. The van der Waals surface area contributed by atoms with Crippen LogP contribution in [0.5, 0.6) is 0 Å². The van der Waals surface area contributed by atoms with Gasteiger partial charge in [-0.25, -0.2) is 0 Å². The Morgan fingerprint density at radius 2 is 1.70 bits per heavy atom. The first-order valence-electron chi connectivity index (χ1n) is 7.78. The number of ether oxygens (including phenoxy) is 1. The van der Waals surface area contributed by atoms with Crippen molar-refractivity contribution >= 4 is 0 Å². The average molecular weight is 277 g/mol. The van der Waals surface area contributed by atoms with Gasteiger partial charge in [0.2, 0.25) is 0 Å². The first-order chi connectivity index (χ1) is 9.38. The van der Waals surface area contributed by atoms with E-state index >= 15 is 0 Å². The molecule has 0 saturated carbocycles. The first kappa shape index (κ1) is 17.2. The van der Waals surface area contributed by atoms with Gasteiger partial charge in [0.1, 0.15) is 0 Å².